The molecule has 3 heterocycles. The highest BCUT2D eigenvalue weighted by atomic mass is 35.5. The summed E-state index contributed by atoms with van der Waals surface area (Å²) in [4.78, 5) is 27.9. The van der Waals surface area contributed by atoms with Crippen molar-refractivity contribution in [1.29, 1.82) is 0 Å². The van der Waals surface area contributed by atoms with Gasteiger partial charge in [-0.15, -0.1) is 6.42 Å². The van der Waals surface area contributed by atoms with Gasteiger partial charge in [-0.3, -0.25) is 14.3 Å². The molecular formula is C32H26Cl2N4O3. The van der Waals surface area contributed by atoms with Crippen LogP contribution in [0.4, 0.5) is 5.69 Å². The molecule has 9 heteroatoms. The van der Waals surface area contributed by atoms with Crippen LogP contribution in [0.15, 0.2) is 60.7 Å². The summed E-state index contributed by atoms with van der Waals surface area (Å²) in [5, 5.41) is 11.7. The minimum atomic E-state index is -1.27. The van der Waals surface area contributed by atoms with Crippen LogP contribution in [0.5, 0.6) is 11.5 Å². The molecule has 206 valence electrons. The fourth-order valence-corrected chi connectivity index (χ4v) is 6.61. The molecule has 1 spiro atoms. The van der Waals surface area contributed by atoms with E-state index in [2.05, 4.69) is 21.7 Å². The van der Waals surface area contributed by atoms with Gasteiger partial charge in [0, 0.05) is 46.2 Å². The van der Waals surface area contributed by atoms with Crippen molar-refractivity contribution < 1.29 is 14.3 Å². The molecule has 4 aromatic rings. The molecule has 1 aromatic heterocycles. The zero-order valence-electron chi connectivity index (χ0n) is 22.6. The molecule has 0 bridgehead atoms. The van der Waals surface area contributed by atoms with Gasteiger partial charge < -0.3 is 15.4 Å². The quantitative estimate of drug-likeness (QED) is 0.274. The number of anilines is 1. The molecular weight excluding hydrogens is 559 g/mol. The van der Waals surface area contributed by atoms with E-state index in [1.165, 1.54) is 0 Å². The van der Waals surface area contributed by atoms with Crippen molar-refractivity contribution in [3.63, 3.8) is 0 Å². The summed E-state index contributed by atoms with van der Waals surface area (Å²) in [6.07, 6.45) is 5.90. The van der Waals surface area contributed by atoms with E-state index in [9.17, 15) is 9.59 Å². The van der Waals surface area contributed by atoms with Gasteiger partial charge in [-0.1, -0.05) is 47.3 Å². The SMILES string of the molecule is C#Cc1ccc(Oc2c(C)nn(C)c2C)c([C@@H]2NC(=O)C[C@H](c3cccc(Cl)c3)[C@@]23C(=O)Nc2cc(Cl)ccc23)c1. The number of carbonyl (C=O) groups is 2. The lowest BCUT2D eigenvalue weighted by Gasteiger charge is -2.46. The van der Waals surface area contributed by atoms with E-state index in [0.29, 0.717) is 49.6 Å². The number of benzene rings is 3. The fraction of sp³-hybridized carbons (Fsp3) is 0.219. The molecule has 1 saturated heterocycles. The first-order valence-corrected chi connectivity index (χ1v) is 13.8. The van der Waals surface area contributed by atoms with Gasteiger partial charge in [0.25, 0.3) is 0 Å². The molecule has 41 heavy (non-hydrogen) atoms. The lowest BCUT2D eigenvalue weighted by Crippen LogP contribution is -2.56. The second-order valence-corrected chi connectivity index (χ2v) is 11.3. The average Bonchev–Trinajstić information content (AvgIpc) is 3.36. The van der Waals surface area contributed by atoms with Crippen molar-refractivity contribution >= 4 is 40.7 Å². The number of ether oxygens (including phenoxy) is 1. The first-order chi connectivity index (χ1) is 19.6. The zero-order chi connectivity index (χ0) is 29.1. The van der Waals surface area contributed by atoms with Gasteiger partial charge in [-0.25, -0.2) is 0 Å². The van der Waals surface area contributed by atoms with Gasteiger partial charge in [-0.05, 0) is 67.4 Å². The van der Waals surface area contributed by atoms with Gasteiger partial charge in [0.1, 0.15) is 16.9 Å². The normalized spacial score (nSPS) is 21.3. The van der Waals surface area contributed by atoms with Crippen molar-refractivity contribution in [3.05, 3.63) is 104 Å². The monoisotopic (exact) mass is 584 g/mol. The number of carbonyl (C=O) groups excluding carboxylic acids is 2. The Bertz CT molecular complexity index is 1790. The Morgan fingerprint density at radius 3 is 2.56 bits per heavy atom. The van der Waals surface area contributed by atoms with Crippen molar-refractivity contribution in [2.75, 3.05) is 5.32 Å². The second-order valence-electron chi connectivity index (χ2n) is 10.4. The van der Waals surface area contributed by atoms with Crippen molar-refractivity contribution in [1.82, 2.24) is 15.1 Å². The van der Waals surface area contributed by atoms with E-state index in [0.717, 1.165) is 11.3 Å². The van der Waals surface area contributed by atoms with Gasteiger partial charge in [0.05, 0.1) is 11.7 Å². The highest BCUT2D eigenvalue weighted by Crippen LogP contribution is 2.58. The minimum Gasteiger partial charge on any atom is -0.453 e. The van der Waals surface area contributed by atoms with E-state index < -0.39 is 17.4 Å². The van der Waals surface area contributed by atoms with Gasteiger partial charge in [0.2, 0.25) is 11.8 Å². The molecule has 0 radical (unpaired) electrons. The number of rotatable bonds is 4. The Labute approximate surface area is 247 Å². The van der Waals surface area contributed by atoms with Crippen LogP contribution in [0.3, 0.4) is 0 Å². The number of piperidine rings is 1. The Hall–Kier alpha value is -4.25. The smallest absolute Gasteiger partial charge is 0.238 e. The third-order valence-electron chi connectivity index (χ3n) is 8.14. The van der Waals surface area contributed by atoms with E-state index in [4.69, 9.17) is 34.4 Å². The summed E-state index contributed by atoms with van der Waals surface area (Å²) in [6, 6.07) is 17.1. The van der Waals surface area contributed by atoms with E-state index in [1.54, 1.807) is 41.1 Å². The van der Waals surface area contributed by atoms with Crippen LogP contribution in [0.2, 0.25) is 10.0 Å². The number of amides is 2. The standard InChI is InChI=1S/C32H26Cl2N4O3/c1-5-19-9-12-27(41-29-17(2)37-38(4)18(29)3)23(13-19)30-32(24-11-10-22(34)15-26(24)35-31(32)40)25(16-28(39)36-30)20-7-6-8-21(33)14-20/h1,6-15,25,30H,16H2,2-4H3,(H,35,40)(H,36,39)/t25-,30+,32-/m1/s1. The Morgan fingerprint density at radius 1 is 1.07 bits per heavy atom. The molecule has 2 aliphatic heterocycles. The van der Waals surface area contributed by atoms with Crippen molar-refractivity contribution in [2.45, 2.75) is 37.6 Å². The van der Waals surface area contributed by atoms with Gasteiger partial charge in [0.15, 0.2) is 5.75 Å². The molecule has 0 saturated carbocycles. The van der Waals surface area contributed by atoms with Crippen LogP contribution in [0.25, 0.3) is 0 Å². The van der Waals surface area contributed by atoms with Gasteiger partial charge in [-0.2, -0.15) is 5.10 Å². The van der Waals surface area contributed by atoms with Crippen LogP contribution in [-0.2, 0) is 22.1 Å². The lowest BCUT2D eigenvalue weighted by molar-refractivity contribution is -0.131. The zero-order valence-corrected chi connectivity index (χ0v) is 24.1. The third kappa shape index (κ3) is 4.26. The first kappa shape index (κ1) is 26.9. The number of halogens is 2. The molecule has 2 N–H and O–H groups in total. The number of fused-ring (bicyclic) bond motifs is 2. The summed E-state index contributed by atoms with van der Waals surface area (Å²) >= 11 is 12.8. The second kappa shape index (κ2) is 9.99. The summed E-state index contributed by atoms with van der Waals surface area (Å²) in [5.41, 5.74) is 3.48. The molecule has 2 amide bonds. The molecule has 2 aliphatic rings. The topological polar surface area (TPSA) is 85.2 Å². The number of terminal acetylenes is 1. The van der Waals surface area contributed by atoms with Crippen LogP contribution < -0.4 is 15.4 Å². The van der Waals surface area contributed by atoms with Crippen LogP contribution >= 0.6 is 23.2 Å². The molecule has 0 unspecified atom stereocenters. The number of aromatic nitrogens is 2. The van der Waals surface area contributed by atoms with Crippen LogP contribution in [-0.4, -0.2) is 21.6 Å². The van der Waals surface area contributed by atoms with E-state index in [-0.39, 0.29) is 18.2 Å². The van der Waals surface area contributed by atoms with E-state index >= 15 is 0 Å². The summed E-state index contributed by atoms with van der Waals surface area (Å²) < 4.78 is 8.25. The highest BCUT2D eigenvalue weighted by Gasteiger charge is 2.61. The number of hydrogen-bond donors (Lipinski definition) is 2. The maximum absolute atomic E-state index is 14.4. The molecule has 0 aliphatic carbocycles. The summed E-state index contributed by atoms with van der Waals surface area (Å²) in [7, 11) is 1.84. The largest absolute Gasteiger partial charge is 0.453 e. The molecule has 3 aromatic carbocycles. The number of nitrogens with zero attached hydrogens (tertiary/aromatic N) is 2. The Morgan fingerprint density at radius 2 is 1.85 bits per heavy atom. The first-order valence-electron chi connectivity index (χ1n) is 13.1. The minimum absolute atomic E-state index is 0.0676. The van der Waals surface area contributed by atoms with Crippen molar-refractivity contribution in [2.24, 2.45) is 7.05 Å². The van der Waals surface area contributed by atoms with Crippen LogP contribution in [0.1, 0.15) is 52.0 Å². The number of hydrogen-bond acceptors (Lipinski definition) is 4. The maximum atomic E-state index is 14.4. The fourth-order valence-electron chi connectivity index (χ4n) is 6.24. The van der Waals surface area contributed by atoms with Crippen molar-refractivity contribution in [3.8, 4) is 23.8 Å². The molecule has 7 nitrogen and oxygen atoms in total. The number of nitrogens with one attached hydrogen (secondary N) is 2. The summed E-state index contributed by atoms with van der Waals surface area (Å²) in [5.74, 6) is 2.68. The Kier molecular flexibility index (Phi) is 6.56. The molecule has 1 fully saturated rings. The van der Waals surface area contributed by atoms with E-state index in [1.807, 2.05) is 45.2 Å². The van der Waals surface area contributed by atoms with Gasteiger partial charge >= 0.3 is 0 Å². The Balaban J connectivity index is 1.63. The predicted octanol–water partition coefficient (Wildman–Crippen LogP) is 6.35. The molecule has 6 rings (SSSR count). The third-order valence-corrected chi connectivity index (χ3v) is 8.61. The average molecular weight is 585 g/mol. The summed E-state index contributed by atoms with van der Waals surface area (Å²) in [6.45, 7) is 3.77. The maximum Gasteiger partial charge on any atom is 0.238 e. The van der Waals surface area contributed by atoms with Crippen LogP contribution in [0, 0.1) is 26.2 Å². The molecule has 3 atom stereocenters. The number of aryl methyl sites for hydroxylation is 2. The lowest BCUT2D eigenvalue weighted by atomic mass is 9.59. The highest BCUT2D eigenvalue weighted by molar-refractivity contribution is 6.31. The predicted molar refractivity (Wildman–Crippen MR) is 159 cm³/mol.